The standard InChI is InChI=1S/C15H13ClF3NO/c16-12-7-3-1-5-10(12)13(20)9-21-14-8-4-2-6-11(14)15(17,18)19/h1-8,13H,9,20H2. The number of nitrogens with two attached hydrogens (primary N) is 1. The van der Waals surface area contributed by atoms with Crippen LogP contribution in [0.5, 0.6) is 5.75 Å². The van der Waals surface area contributed by atoms with Crippen molar-refractivity contribution in [1.82, 2.24) is 0 Å². The minimum Gasteiger partial charge on any atom is -0.491 e. The third kappa shape index (κ3) is 3.89. The second kappa shape index (κ2) is 6.37. The zero-order valence-electron chi connectivity index (χ0n) is 10.9. The number of hydrogen-bond acceptors (Lipinski definition) is 2. The van der Waals surface area contributed by atoms with Gasteiger partial charge in [-0.3, -0.25) is 0 Å². The highest BCUT2D eigenvalue weighted by Gasteiger charge is 2.34. The predicted octanol–water partition coefficient (Wildman–Crippen LogP) is 4.44. The summed E-state index contributed by atoms with van der Waals surface area (Å²) in [6.07, 6.45) is -4.47. The van der Waals surface area contributed by atoms with Gasteiger partial charge in [0.25, 0.3) is 0 Å². The van der Waals surface area contributed by atoms with Gasteiger partial charge >= 0.3 is 6.18 Å². The first-order chi connectivity index (χ1) is 9.89. The summed E-state index contributed by atoms with van der Waals surface area (Å²) >= 11 is 5.99. The van der Waals surface area contributed by atoms with E-state index in [0.717, 1.165) is 6.07 Å². The maximum Gasteiger partial charge on any atom is 0.419 e. The molecule has 21 heavy (non-hydrogen) atoms. The second-order valence-corrected chi connectivity index (χ2v) is 4.84. The number of halogens is 4. The molecule has 0 amide bonds. The van der Waals surface area contributed by atoms with Crippen LogP contribution in [0, 0.1) is 0 Å². The van der Waals surface area contributed by atoms with Gasteiger partial charge in [-0.25, -0.2) is 0 Å². The molecule has 1 atom stereocenters. The molecule has 0 heterocycles. The molecule has 0 radical (unpaired) electrons. The summed E-state index contributed by atoms with van der Waals surface area (Å²) in [5.41, 5.74) is 5.72. The first-order valence-corrected chi connectivity index (χ1v) is 6.56. The van der Waals surface area contributed by atoms with Crippen LogP contribution in [0.2, 0.25) is 5.02 Å². The molecule has 1 unspecified atom stereocenters. The largest absolute Gasteiger partial charge is 0.491 e. The smallest absolute Gasteiger partial charge is 0.419 e. The van der Waals surface area contributed by atoms with Gasteiger partial charge in [-0.05, 0) is 23.8 Å². The Labute approximate surface area is 125 Å². The van der Waals surface area contributed by atoms with E-state index in [0.29, 0.717) is 10.6 Å². The van der Waals surface area contributed by atoms with Crippen molar-refractivity contribution in [2.75, 3.05) is 6.61 Å². The van der Waals surface area contributed by atoms with Gasteiger partial charge in [0, 0.05) is 5.02 Å². The zero-order chi connectivity index (χ0) is 15.5. The number of benzene rings is 2. The Kier molecular flexibility index (Phi) is 4.75. The lowest BCUT2D eigenvalue weighted by atomic mass is 10.1. The molecular weight excluding hydrogens is 303 g/mol. The van der Waals surface area contributed by atoms with Gasteiger partial charge in [0.2, 0.25) is 0 Å². The normalized spacial score (nSPS) is 13.0. The number of para-hydroxylation sites is 1. The lowest BCUT2D eigenvalue weighted by molar-refractivity contribution is -0.139. The Bertz CT molecular complexity index is 616. The van der Waals surface area contributed by atoms with Crippen molar-refractivity contribution in [2.24, 2.45) is 5.73 Å². The number of rotatable bonds is 4. The summed E-state index contributed by atoms with van der Waals surface area (Å²) in [7, 11) is 0. The fourth-order valence-electron chi connectivity index (χ4n) is 1.87. The molecule has 2 aromatic rings. The van der Waals surface area contributed by atoms with Crippen LogP contribution in [-0.4, -0.2) is 6.61 Å². The molecule has 2 rings (SSSR count). The van der Waals surface area contributed by atoms with Crippen LogP contribution < -0.4 is 10.5 Å². The van der Waals surface area contributed by atoms with Gasteiger partial charge in [0.1, 0.15) is 12.4 Å². The first-order valence-electron chi connectivity index (χ1n) is 6.18. The van der Waals surface area contributed by atoms with Crippen molar-refractivity contribution < 1.29 is 17.9 Å². The first kappa shape index (κ1) is 15.7. The minimum atomic E-state index is -4.47. The van der Waals surface area contributed by atoms with E-state index < -0.39 is 17.8 Å². The SMILES string of the molecule is NC(COc1ccccc1C(F)(F)F)c1ccccc1Cl. The van der Waals surface area contributed by atoms with E-state index in [1.807, 2.05) is 0 Å². The average Bonchev–Trinajstić information content (AvgIpc) is 2.44. The highest BCUT2D eigenvalue weighted by Crippen LogP contribution is 2.36. The molecule has 0 aromatic heterocycles. The molecule has 2 nitrogen and oxygen atoms in total. The van der Waals surface area contributed by atoms with E-state index in [4.69, 9.17) is 22.1 Å². The van der Waals surface area contributed by atoms with Crippen LogP contribution in [0.4, 0.5) is 13.2 Å². The Balaban J connectivity index is 2.12. The molecule has 0 aliphatic rings. The van der Waals surface area contributed by atoms with Gasteiger partial charge in [-0.1, -0.05) is 41.9 Å². The molecule has 0 bridgehead atoms. The van der Waals surface area contributed by atoms with Crippen molar-refractivity contribution in [2.45, 2.75) is 12.2 Å². The van der Waals surface area contributed by atoms with E-state index in [2.05, 4.69) is 0 Å². The number of ether oxygens (including phenoxy) is 1. The molecule has 0 saturated carbocycles. The lowest BCUT2D eigenvalue weighted by Gasteiger charge is -2.17. The fourth-order valence-corrected chi connectivity index (χ4v) is 2.15. The monoisotopic (exact) mass is 315 g/mol. The van der Waals surface area contributed by atoms with Crippen molar-refractivity contribution in [1.29, 1.82) is 0 Å². The van der Waals surface area contributed by atoms with E-state index in [-0.39, 0.29) is 12.4 Å². The van der Waals surface area contributed by atoms with Crippen LogP contribution in [-0.2, 0) is 6.18 Å². The second-order valence-electron chi connectivity index (χ2n) is 4.43. The molecule has 0 aliphatic carbocycles. The Hall–Kier alpha value is -1.72. The summed E-state index contributed by atoms with van der Waals surface area (Å²) in [5.74, 6) is -0.243. The van der Waals surface area contributed by atoms with Crippen molar-refractivity contribution in [3.63, 3.8) is 0 Å². The number of hydrogen-bond donors (Lipinski definition) is 1. The van der Waals surface area contributed by atoms with Gasteiger partial charge in [0.15, 0.2) is 0 Å². The molecule has 0 aliphatic heterocycles. The quantitative estimate of drug-likeness (QED) is 0.905. The average molecular weight is 316 g/mol. The van der Waals surface area contributed by atoms with Crippen LogP contribution in [0.3, 0.4) is 0 Å². The highest BCUT2D eigenvalue weighted by molar-refractivity contribution is 6.31. The molecule has 2 aromatic carbocycles. The summed E-state index contributed by atoms with van der Waals surface area (Å²) in [4.78, 5) is 0. The fraction of sp³-hybridized carbons (Fsp3) is 0.200. The van der Waals surface area contributed by atoms with Crippen LogP contribution in [0.1, 0.15) is 17.2 Å². The molecule has 6 heteroatoms. The molecule has 0 fully saturated rings. The Morgan fingerprint density at radius 3 is 2.33 bits per heavy atom. The van der Waals surface area contributed by atoms with Gasteiger partial charge < -0.3 is 10.5 Å². The maximum atomic E-state index is 12.8. The van der Waals surface area contributed by atoms with Gasteiger partial charge in [-0.2, -0.15) is 13.2 Å². The summed E-state index contributed by atoms with van der Waals surface area (Å²) in [6.45, 7) is -0.100. The Morgan fingerprint density at radius 1 is 1.05 bits per heavy atom. The van der Waals surface area contributed by atoms with Crippen molar-refractivity contribution in [3.8, 4) is 5.75 Å². The predicted molar refractivity (Wildman–Crippen MR) is 75.3 cm³/mol. The van der Waals surface area contributed by atoms with Crippen LogP contribution in [0.25, 0.3) is 0 Å². The summed E-state index contributed by atoms with van der Waals surface area (Å²) in [6, 6.07) is 11.3. The highest BCUT2D eigenvalue weighted by atomic mass is 35.5. The van der Waals surface area contributed by atoms with E-state index in [1.165, 1.54) is 18.2 Å². The third-order valence-electron chi connectivity index (χ3n) is 2.92. The molecular formula is C15H13ClF3NO. The van der Waals surface area contributed by atoms with Gasteiger partial charge in [-0.15, -0.1) is 0 Å². The van der Waals surface area contributed by atoms with Gasteiger partial charge in [0.05, 0.1) is 11.6 Å². The number of alkyl halides is 3. The zero-order valence-corrected chi connectivity index (χ0v) is 11.7. The summed E-state index contributed by atoms with van der Waals surface area (Å²) < 4.78 is 43.7. The maximum absolute atomic E-state index is 12.8. The van der Waals surface area contributed by atoms with Crippen molar-refractivity contribution in [3.05, 3.63) is 64.7 Å². The molecule has 0 spiro atoms. The third-order valence-corrected chi connectivity index (χ3v) is 3.26. The van der Waals surface area contributed by atoms with Crippen LogP contribution in [0.15, 0.2) is 48.5 Å². The van der Waals surface area contributed by atoms with Crippen LogP contribution >= 0.6 is 11.6 Å². The van der Waals surface area contributed by atoms with E-state index >= 15 is 0 Å². The molecule has 2 N–H and O–H groups in total. The lowest BCUT2D eigenvalue weighted by Crippen LogP contribution is -2.20. The molecule has 112 valence electrons. The van der Waals surface area contributed by atoms with E-state index in [1.54, 1.807) is 24.3 Å². The Morgan fingerprint density at radius 2 is 1.67 bits per heavy atom. The van der Waals surface area contributed by atoms with Crippen molar-refractivity contribution >= 4 is 11.6 Å². The van der Waals surface area contributed by atoms with E-state index in [9.17, 15) is 13.2 Å². The molecule has 0 saturated heterocycles. The summed E-state index contributed by atoms with van der Waals surface area (Å²) in [5, 5.41) is 0.456. The topological polar surface area (TPSA) is 35.2 Å². The minimum absolute atomic E-state index is 0.100.